The smallest absolute Gasteiger partial charge is 0.352 e. The van der Waals surface area contributed by atoms with E-state index in [1.165, 1.54) is 6.07 Å². The van der Waals surface area contributed by atoms with Gasteiger partial charge in [-0.1, -0.05) is 25.1 Å². The minimum absolute atomic E-state index is 0.0172. The number of carbonyl (C=O) groups is 1. The molecule has 1 saturated carbocycles. The van der Waals surface area contributed by atoms with Crippen LogP contribution < -0.4 is 11.1 Å². The second-order valence-corrected chi connectivity index (χ2v) is 5.99. The van der Waals surface area contributed by atoms with E-state index in [2.05, 4.69) is 5.32 Å². The second-order valence-electron chi connectivity index (χ2n) is 5.99. The van der Waals surface area contributed by atoms with Gasteiger partial charge in [0.15, 0.2) is 0 Å². The Balaban J connectivity index is 1.96. The molecular weight excluding hydrogens is 293 g/mol. The van der Waals surface area contributed by atoms with E-state index >= 15 is 0 Å². The van der Waals surface area contributed by atoms with E-state index in [9.17, 15) is 18.0 Å². The summed E-state index contributed by atoms with van der Waals surface area (Å²) in [5.74, 6) is -0.0919. The van der Waals surface area contributed by atoms with Crippen molar-refractivity contribution >= 4 is 5.91 Å². The fourth-order valence-corrected chi connectivity index (χ4v) is 2.51. The first-order chi connectivity index (χ1) is 10.3. The molecule has 0 bridgehead atoms. The summed E-state index contributed by atoms with van der Waals surface area (Å²) in [4.78, 5) is 12.1. The lowest BCUT2D eigenvalue weighted by Gasteiger charge is -2.19. The number of nitrogens with two attached hydrogens (primary N) is 1. The normalized spacial score (nSPS) is 17.9. The highest BCUT2D eigenvalue weighted by Gasteiger charge is 2.32. The van der Waals surface area contributed by atoms with E-state index < -0.39 is 17.7 Å². The van der Waals surface area contributed by atoms with Crippen LogP contribution in [0.15, 0.2) is 24.3 Å². The lowest BCUT2D eigenvalue weighted by Crippen LogP contribution is -2.44. The molecule has 0 spiro atoms. The number of halogens is 3. The van der Waals surface area contributed by atoms with Crippen molar-refractivity contribution in [3.8, 4) is 0 Å². The van der Waals surface area contributed by atoms with Gasteiger partial charge in [0.2, 0.25) is 5.91 Å². The monoisotopic (exact) mass is 314 g/mol. The minimum atomic E-state index is -4.36. The van der Waals surface area contributed by atoms with Gasteiger partial charge in [-0.15, -0.1) is 0 Å². The van der Waals surface area contributed by atoms with Crippen LogP contribution in [0.1, 0.15) is 30.9 Å². The molecule has 122 valence electrons. The molecule has 0 heterocycles. The predicted molar refractivity (Wildman–Crippen MR) is 78.0 cm³/mol. The number of hydrogen-bond donors (Lipinski definition) is 2. The number of amides is 1. The van der Waals surface area contributed by atoms with Crippen LogP contribution in [0.2, 0.25) is 0 Å². The third kappa shape index (κ3) is 4.47. The van der Waals surface area contributed by atoms with Gasteiger partial charge in [0.05, 0.1) is 5.56 Å². The molecule has 0 aliphatic heterocycles. The maximum Gasteiger partial charge on any atom is 0.416 e. The fourth-order valence-electron chi connectivity index (χ4n) is 2.51. The number of nitrogens with one attached hydrogen (secondary N) is 1. The molecule has 1 aromatic carbocycles. The van der Waals surface area contributed by atoms with Gasteiger partial charge in [-0.05, 0) is 36.8 Å². The number of benzene rings is 1. The zero-order valence-electron chi connectivity index (χ0n) is 12.5. The average Bonchev–Trinajstić information content (AvgIpc) is 3.28. The van der Waals surface area contributed by atoms with E-state index in [1.807, 2.05) is 0 Å². The van der Waals surface area contributed by atoms with E-state index in [1.54, 1.807) is 13.0 Å². The first-order valence-electron chi connectivity index (χ1n) is 7.48. The molecule has 0 aromatic heterocycles. The largest absolute Gasteiger partial charge is 0.416 e. The molecule has 0 radical (unpaired) electrons. The summed E-state index contributed by atoms with van der Waals surface area (Å²) in [6.45, 7) is 2.11. The molecule has 1 aliphatic carbocycles. The lowest BCUT2D eigenvalue weighted by molar-refractivity contribution is -0.137. The standard InChI is InChI=1S/C16H21F3N2O/c1-10(15(22)21-14(9-20)12-5-6-12)7-11-3-2-4-13(8-11)16(17,18)19/h2-4,8,10,12,14H,5-7,9,20H2,1H3,(H,21,22). The summed E-state index contributed by atoms with van der Waals surface area (Å²) < 4.78 is 38.1. The number of hydrogen-bond acceptors (Lipinski definition) is 2. The Kier molecular flexibility index (Phi) is 5.11. The quantitative estimate of drug-likeness (QED) is 0.848. The predicted octanol–water partition coefficient (Wildman–Crippen LogP) is 2.74. The molecule has 1 aliphatic rings. The summed E-state index contributed by atoms with van der Waals surface area (Å²) >= 11 is 0. The maximum absolute atomic E-state index is 12.7. The summed E-state index contributed by atoms with van der Waals surface area (Å²) in [7, 11) is 0. The highest BCUT2D eigenvalue weighted by molar-refractivity contribution is 5.79. The molecule has 1 fully saturated rings. The average molecular weight is 314 g/mol. The van der Waals surface area contributed by atoms with E-state index in [0.29, 0.717) is 18.0 Å². The molecule has 22 heavy (non-hydrogen) atoms. The van der Waals surface area contributed by atoms with Crippen LogP contribution in [0.5, 0.6) is 0 Å². The van der Waals surface area contributed by atoms with Crippen molar-refractivity contribution < 1.29 is 18.0 Å². The SMILES string of the molecule is CC(Cc1cccc(C(F)(F)F)c1)C(=O)NC(CN)C1CC1. The van der Waals surface area contributed by atoms with Crippen LogP contribution in [0.3, 0.4) is 0 Å². The van der Waals surface area contributed by atoms with Crippen LogP contribution in [0, 0.1) is 11.8 Å². The van der Waals surface area contributed by atoms with Crippen molar-refractivity contribution in [3.05, 3.63) is 35.4 Å². The number of rotatable bonds is 6. The maximum atomic E-state index is 12.7. The Morgan fingerprint density at radius 2 is 2.09 bits per heavy atom. The van der Waals surface area contributed by atoms with Gasteiger partial charge in [0.25, 0.3) is 0 Å². The minimum Gasteiger partial charge on any atom is -0.352 e. The number of alkyl halides is 3. The zero-order valence-corrected chi connectivity index (χ0v) is 12.5. The summed E-state index contributed by atoms with van der Waals surface area (Å²) in [5.41, 5.74) is 5.47. The van der Waals surface area contributed by atoms with Gasteiger partial charge in [-0.3, -0.25) is 4.79 Å². The van der Waals surface area contributed by atoms with Gasteiger partial charge >= 0.3 is 6.18 Å². The van der Waals surface area contributed by atoms with Gasteiger partial charge in [0.1, 0.15) is 0 Å². The first-order valence-corrected chi connectivity index (χ1v) is 7.48. The van der Waals surface area contributed by atoms with Gasteiger partial charge in [0, 0.05) is 18.5 Å². The Bertz CT molecular complexity index is 526. The van der Waals surface area contributed by atoms with Crippen molar-refractivity contribution in [2.75, 3.05) is 6.54 Å². The van der Waals surface area contributed by atoms with Crippen molar-refractivity contribution in [3.63, 3.8) is 0 Å². The highest BCUT2D eigenvalue weighted by Crippen LogP contribution is 2.32. The molecule has 1 aromatic rings. The topological polar surface area (TPSA) is 55.1 Å². The van der Waals surface area contributed by atoms with Crippen LogP contribution >= 0.6 is 0 Å². The summed E-state index contributed by atoms with van der Waals surface area (Å²) in [6.07, 6.45) is -1.94. The molecule has 3 N–H and O–H groups in total. The Morgan fingerprint density at radius 1 is 1.41 bits per heavy atom. The first kappa shape index (κ1) is 16.8. The van der Waals surface area contributed by atoms with E-state index in [4.69, 9.17) is 5.73 Å². The zero-order chi connectivity index (χ0) is 16.3. The van der Waals surface area contributed by atoms with Crippen molar-refractivity contribution in [2.24, 2.45) is 17.6 Å². The van der Waals surface area contributed by atoms with Gasteiger partial charge in [-0.2, -0.15) is 13.2 Å². The fraction of sp³-hybridized carbons (Fsp3) is 0.562. The summed E-state index contributed by atoms with van der Waals surface area (Å²) in [6, 6.07) is 5.10. The third-order valence-electron chi connectivity index (χ3n) is 4.02. The van der Waals surface area contributed by atoms with Crippen molar-refractivity contribution in [1.29, 1.82) is 0 Å². The molecule has 2 unspecified atom stereocenters. The Hall–Kier alpha value is -1.56. The lowest BCUT2D eigenvalue weighted by atomic mass is 9.98. The van der Waals surface area contributed by atoms with Crippen LogP contribution in [0.4, 0.5) is 13.2 Å². The van der Waals surface area contributed by atoms with Gasteiger partial charge in [-0.25, -0.2) is 0 Å². The van der Waals surface area contributed by atoms with Gasteiger partial charge < -0.3 is 11.1 Å². The van der Waals surface area contributed by atoms with Crippen molar-refractivity contribution in [2.45, 2.75) is 38.4 Å². The molecule has 2 rings (SSSR count). The highest BCUT2D eigenvalue weighted by atomic mass is 19.4. The van der Waals surface area contributed by atoms with Crippen molar-refractivity contribution in [1.82, 2.24) is 5.32 Å². The third-order valence-corrected chi connectivity index (χ3v) is 4.02. The Labute approximate surface area is 128 Å². The van der Waals surface area contributed by atoms with E-state index in [0.717, 1.165) is 25.0 Å². The molecule has 0 saturated heterocycles. The number of carbonyl (C=O) groups excluding carboxylic acids is 1. The van der Waals surface area contributed by atoms with Crippen LogP contribution in [0.25, 0.3) is 0 Å². The van der Waals surface area contributed by atoms with E-state index in [-0.39, 0.29) is 18.4 Å². The Morgan fingerprint density at radius 3 is 2.64 bits per heavy atom. The second kappa shape index (κ2) is 6.69. The molecule has 2 atom stereocenters. The van der Waals surface area contributed by atoms with Crippen LogP contribution in [-0.2, 0) is 17.4 Å². The molecule has 3 nitrogen and oxygen atoms in total. The molecule has 6 heteroatoms. The molecular formula is C16H21F3N2O. The molecule has 1 amide bonds. The van der Waals surface area contributed by atoms with Crippen LogP contribution in [-0.4, -0.2) is 18.5 Å². The summed E-state index contributed by atoms with van der Waals surface area (Å²) in [5, 5.41) is 2.91.